The minimum absolute atomic E-state index is 1.32. The average Bonchev–Trinajstić information content (AvgIpc) is 3.27. The van der Waals surface area contributed by atoms with E-state index in [0.29, 0.717) is 0 Å². The maximum Gasteiger partial charge on any atom is -0.0149 e. The number of hydrogen-bond acceptors (Lipinski definition) is 0. The van der Waals surface area contributed by atoms with Gasteiger partial charge in [-0.1, -0.05) is 215 Å². The summed E-state index contributed by atoms with van der Waals surface area (Å²) in [5, 5.41) is 0. The lowest BCUT2D eigenvalue weighted by Crippen LogP contribution is -1.91. The van der Waals surface area contributed by atoms with Gasteiger partial charge in [-0.25, -0.2) is 0 Å². The van der Waals surface area contributed by atoms with Crippen LogP contribution < -0.4 is 0 Å². The van der Waals surface area contributed by atoms with Gasteiger partial charge in [0.1, 0.15) is 0 Å². The quantitative estimate of drug-likeness (QED) is 0.167. The molecular formula is C60H90. The lowest BCUT2D eigenvalue weighted by Gasteiger charge is -2.12. The summed E-state index contributed by atoms with van der Waals surface area (Å²) in [6.45, 7) is 50.0. The normalized spacial score (nSPS) is 9.00. The van der Waals surface area contributed by atoms with Gasteiger partial charge >= 0.3 is 0 Å². The first kappa shape index (κ1) is 59.6. The Morgan fingerprint density at radius 3 is 0.750 bits per heavy atom. The predicted molar refractivity (Wildman–Crippen MR) is 281 cm³/mol. The van der Waals surface area contributed by atoms with Crippen molar-refractivity contribution in [2.45, 2.75) is 166 Å². The van der Waals surface area contributed by atoms with Crippen LogP contribution in [0.2, 0.25) is 0 Å². The van der Waals surface area contributed by atoms with Crippen molar-refractivity contribution in [1.82, 2.24) is 0 Å². The molecular weight excluding hydrogens is 721 g/mol. The Bertz CT molecular complexity index is 1890. The Labute approximate surface area is 374 Å². The second-order valence-corrected chi connectivity index (χ2v) is 13.8. The number of benzene rings is 6. The molecule has 0 heterocycles. The molecule has 0 saturated carbocycles. The van der Waals surface area contributed by atoms with E-state index in [0.717, 1.165) is 0 Å². The first-order valence-corrected chi connectivity index (χ1v) is 23.2. The van der Waals surface area contributed by atoms with Crippen molar-refractivity contribution >= 4 is 0 Å². The summed E-state index contributed by atoms with van der Waals surface area (Å²) < 4.78 is 0. The monoisotopic (exact) mass is 811 g/mol. The van der Waals surface area contributed by atoms with Crippen LogP contribution in [0.15, 0.2) is 109 Å². The van der Waals surface area contributed by atoms with E-state index in [9.17, 15) is 0 Å². The van der Waals surface area contributed by atoms with Gasteiger partial charge in [-0.2, -0.15) is 0 Å². The molecule has 0 fully saturated rings. The van der Waals surface area contributed by atoms with E-state index in [2.05, 4.69) is 192 Å². The highest BCUT2D eigenvalue weighted by Gasteiger charge is 2.08. The van der Waals surface area contributed by atoms with Crippen molar-refractivity contribution in [3.8, 4) is 33.4 Å². The highest BCUT2D eigenvalue weighted by Crippen LogP contribution is 2.31. The van der Waals surface area contributed by atoms with Crippen molar-refractivity contribution in [3.63, 3.8) is 0 Å². The maximum absolute atomic E-state index is 2.27. The number of hydrogen-bond donors (Lipinski definition) is 0. The Kier molecular flexibility index (Phi) is 33.9. The smallest absolute Gasteiger partial charge is 0.0149 e. The van der Waals surface area contributed by atoms with Crippen molar-refractivity contribution in [2.24, 2.45) is 0 Å². The van der Waals surface area contributed by atoms with E-state index in [1.807, 2.05) is 83.1 Å². The number of aryl methyl sites for hydroxylation is 10. The molecule has 0 atom stereocenters. The molecule has 0 bridgehead atoms. The Morgan fingerprint density at radius 1 is 0.200 bits per heavy atom. The van der Waals surface area contributed by atoms with Crippen LogP contribution in [-0.4, -0.2) is 0 Å². The third kappa shape index (κ3) is 19.1. The fourth-order valence-corrected chi connectivity index (χ4v) is 6.37. The van der Waals surface area contributed by atoms with Gasteiger partial charge < -0.3 is 0 Å². The van der Waals surface area contributed by atoms with Gasteiger partial charge in [0.25, 0.3) is 0 Å². The molecule has 0 aliphatic rings. The van der Waals surface area contributed by atoms with Gasteiger partial charge in [0, 0.05) is 0 Å². The summed E-state index contributed by atoms with van der Waals surface area (Å²) in [6.07, 6.45) is 0. The standard InChI is InChI=1S/3C16H18.6C2H6/c1-11-5-7-15(13(3)9-11)16-8-6-12(2)10-14(16)4;1-11-5-7-13(3)15(9-11)16-10-12(2)6-8-14(16)4;1-11-7-5-9-15(13(11)3)16-10-6-8-12(2)14(16)4;6*1-2/h3*5-10H,1-4H3;6*1-2H3. The third-order valence-corrected chi connectivity index (χ3v) is 9.63. The molecule has 0 unspecified atom stereocenters. The molecule has 0 aliphatic heterocycles. The van der Waals surface area contributed by atoms with E-state index in [-0.39, 0.29) is 0 Å². The summed E-state index contributed by atoms with van der Waals surface area (Å²) in [7, 11) is 0. The van der Waals surface area contributed by atoms with Crippen molar-refractivity contribution in [2.75, 3.05) is 0 Å². The van der Waals surface area contributed by atoms with E-state index in [1.54, 1.807) is 0 Å². The molecule has 0 spiro atoms. The van der Waals surface area contributed by atoms with Crippen molar-refractivity contribution < 1.29 is 0 Å². The Balaban J connectivity index is -0.000000720. The highest BCUT2D eigenvalue weighted by molar-refractivity contribution is 5.73. The van der Waals surface area contributed by atoms with Crippen LogP contribution in [0.1, 0.15) is 150 Å². The lowest BCUT2D eigenvalue weighted by molar-refractivity contribution is 1.30. The molecule has 0 heteroatoms. The number of rotatable bonds is 3. The maximum atomic E-state index is 2.27. The first-order chi connectivity index (χ1) is 28.8. The van der Waals surface area contributed by atoms with E-state index in [4.69, 9.17) is 0 Å². The van der Waals surface area contributed by atoms with E-state index in [1.165, 1.54) is 100 Å². The molecule has 0 nitrogen and oxygen atoms in total. The summed E-state index contributed by atoms with van der Waals surface area (Å²) in [5.41, 5.74) is 24.3. The zero-order chi connectivity index (χ0) is 47.1. The molecule has 6 aromatic rings. The summed E-state index contributed by atoms with van der Waals surface area (Å²) >= 11 is 0. The fraction of sp³-hybridized carbons (Fsp3) is 0.400. The van der Waals surface area contributed by atoms with Gasteiger partial charge in [0.15, 0.2) is 0 Å². The molecule has 0 aliphatic carbocycles. The van der Waals surface area contributed by atoms with Crippen LogP contribution in [0.25, 0.3) is 33.4 Å². The molecule has 0 N–H and O–H groups in total. The lowest BCUT2D eigenvalue weighted by atomic mass is 9.92. The van der Waals surface area contributed by atoms with E-state index >= 15 is 0 Å². The van der Waals surface area contributed by atoms with Crippen molar-refractivity contribution in [3.05, 3.63) is 176 Å². The molecule has 330 valence electrons. The SMILES string of the molecule is CC.CC.CC.CC.CC.CC.Cc1ccc(-c2ccc(C)cc2C)c(C)c1.Cc1ccc(C)c(-c2cc(C)ccc2C)c1.Cc1cccc(-c2cccc(C)c2C)c1C. The third-order valence-electron chi connectivity index (χ3n) is 9.63. The minimum Gasteiger partial charge on any atom is -0.0683 e. The Hall–Kier alpha value is -4.68. The summed E-state index contributed by atoms with van der Waals surface area (Å²) in [6, 6.07) is 39.6. The van der Waals surface area contributed by atoms with Gasteiger partial charge in [-0.3, -0.25) is 0 Å². The molecule has 0 amide bonds. The van der Waals surface area contributed by atoms with Crippen molar-refractivity contribution in [1.29, 1.82) is 0 Å². The first-order valence-electron chi connectivity index (χ1n) is 23.2. The second-order valence-electron chi connectivity index (χ2n) is 13.8. The minimum atomic E-state index is 1.32. The van der Waals surface area contributed by atoms with Crippen LogP contribution >= 0.6 is 0 Å². The van der Waals surface area contributed by atoms with Gasteiger partial charge in [0.05, 0.1) is 0 Å². The second kappa shape index (κ2) is 34.1. The molecule has 6 rings (SSSR count). The predicted octanol–water partition coefficient (Wildman–Crippen LogP) is 19.9. The van der Waals surface area contributed by atoms with Gasteiger partial charge in [-0.15, -0.1) is 0 Å². The zero-order valence-corrected chi connectivity index (χ0v) is 43.4. The average molecular weight is 811 g/mol. The van der Waals surface area contributed by atoms with E-state index < -0.39 is 0 Å². The molecule has 60 heavy (non-hydrogen) atoms. The fourth-order valence-electron chi connectivity index (χ4n) is 6.37. The Morgan fingerprint density at radius 2 is 0.467 bits per heavy atom. The summed E-state index contributed by atoms with van der Waals surface area (Å²) in [5.74, 6) is 0. The van der Waals surface area contributed by atoms with Crippen LogP contribution in [-0.2, 0) is 0 Å². The van der Waals surface area contributed by atoms with Crippen LogP contribution in [0.5, 0.6) is 0 Å². The highest BCUT2D eigenvalue weighted by atomic mass is 14.1. The van der Waals surface area contributed by atoms with Gasteiger partial charge in [-0.05, 0) is 161 Å². The molecule has 0 radical (unpaired) electrons. The largest absolute Gasteiger partial charge is 0.0683 e. The summed E-state index contributed by atoms with van der Waals surface area (Å²) in [4.78, 5) is 0. The molecule has 0 aromatic heterocycles. The zero-order valence-electron chi connectivity index (χ0n) is 43.4. The van der Waals surface area contributed by atoms with Crippen LogP contribution in [0.3, 0.4) is 0 Å². The van der Waals surface area contributed by atoms with Crippen LogP contribution in [0.4, 0.5) is 0 Å². The molecule has 0 saturated heterocycles. The molecule has 6 aromatic carbocycles. The topological polar surface area (TPSA) is 0 Å². The van der Waals surface area contributed by atoms with Crippen LogP contribution in [0, 0.1) is 83.1 Å². The van der Waals surface area contributed by atoms with Gasteiger partial charge in [0.2, 0.25) is 0 Å².